The molecule has 1 unspecified atom stereocenters. The fourth-order valence-electron chi connectivity index (χ4n) is 1.86. The maximum atomic E-state index is 5.61. The molecular formula is C14H24O5Si. The number of rotatable bonds is 9. The number of ether oxygens (including phenoxy) is 2. The molecule has 0 heterocycles. The molecule has 114 valence electrons. The maximum absolute atomic E-state index is 5.61. The summed E-state index contributed by atoms with van der Waals surface area (Å²) < 4.78 is 27.2. The van der Waals surface area contributed by atoms with E-state index in [0.29, 0.717) is 12.7 Å². The first-order valence-electron chi connectivity index (χ1n) is 6.61. The van der Waals surface area contributed by atoms with Gasteiger partial charge in [0.25, 0.3) is 0 Å². The lowest BCUT2D eigenvalue weighted by Crippen LogP contribution is -2.45. The molecule has 0 fully saturated rings. The molecule has 0 aliphatic carbocycles. The molecule has 0 spiro atoms. The average Bonchev–Trinajstić information content (AvgIpc) is 2.47. The minimum Gasteiger partial charge on any atom is -0.465 e. The highest BCUT2D eigenvalue weighted by Crippen LogP contribution is 2.19. The highest BCUT2D eigenvalue weighted by Gasteiger charge is 2.37. The van der Waals surface area contributed by atoms with Gasteiger partial charge >= 0.3 is 8.80 Å². The fourth-order valence-corrected chi connectivity index (χ4v) is 3.53. The lowest BCUT2D eigenvalue weighted by atomic mass is 10.2. The third kappa shape index (κ3) is 4.88. The Hall–Kier alpha value is -0.923. The van der Waals surface area contributed by atoms with Gasteiger partial charge in [-0.15, -0.1) is 0 Å². The summed E-state index contributed by atoms with van der Waals surface area (Å²) >= 11 is 0. The quantitative estimate of drug-likeness (QED) is 0.518. The molecule has 1 aromatic carbocycles. The van der Waals surface area contributed by atoms with E-state index in [0.717, 1.165) is 11.3 Å². The van der Waals surface area contributed by atoms with Gasteiger partial charge in [-0.3, -0.25) is 0 Å². The highest BCUT2D eigenvalue weighted by molar-refractivity contribution is 6.60. The van der Waals surface area contributed by atoms with E-state index in [1.807, 2.05) is 38.1 Å². The lowest BCUT2D eigenvalue weighted by Gasteiger charge is -2.24. The molecule has 0 aliphatic rings. The summed E-state index contributed by atoms with van der Waals surface area (Å²) in [7, 11) is 2.25. The molecule has 0 bridgehead atoms. The Bertz CT molecular complexity index is 369. The van der Waals surface area contributed by atoms with Gasteiger partial charge in [0.05, 0.1) is 0 Å². The Morgan fingerprint density at radius 2 is 1.55 bits per heavy atom. The van der Waals surface area contributed by atoms with Crippen molar-refractivity contribution in [2.75, 3.05) is 27.9 Å². The van der Waals surface area contributed by atoms with E-state index >= 15 is 0 Å². The standard InChI is InChI=1S/C14H24O5Si/c1-6-18-12(2)19-14-9-7-13(8-10-14)11-20(15-3,16-4)17-5/h7-10,12H,6,11H2,1-5H3. The molecule has 0 saturated carbocycles. The minimum atomic E-state index is -2.59. The fraction of sp³-hybridized carbons (Fsp3) is 0.571. The summed E-state index contributed by atoms with van der Waals surface area (Å²) in [6, 6.07) is 8.40. The van der Waals surface area contributed by atoms with Crippen LogP contribution >= 0.6 is 0 Å². The van der Waals surface area contributed by atoms with Crippen LogP contribution in [-0.4, -0.2) is 43.0 Å². The van der Waals surface area contributed by atoms with Crippen LogP contribution in [0.25, 0.3) is 0 Å². The molecule has 1 atom stereocenters. The Morgan fingerprint density at radius 3 is 2.00 bits per heavy atom. The Kier molecular flexibility index (Phi) is 7.18. The van der Waals surface area contributed by atoms with Gasteiger partial charge in [-0.1, -0.05) is 12.1 Å². The summed E-state index contributed by atoms with van der Waals surface area (Å²) in [4.78, 5) is 0. The van der Waals surface area contributed by atoms with E-state index in [4.69, 9.17) is 22.8 Å². The predicted molar refractivity (Wildman–Crippen MR) is 78.6 cm³/mol. The monoisotopic (exact) mass is 300 g/mol. The Balaban J connectivity index is 2.66. The largest absolute Gasteiger partial charge is 0.504 e. The van der Waals surface area contributed by atoms with Crippen molar-refractivity contribution in [3.05, 3.63) is 29.8 Å². The molecule has 0 amide bonds. The number of hydrogen-bond donors (Lipinski definition) is 0. The molecule has 6 heteroatoms. The third-order valence-corrected chi connectivity index (χ3v) is 5.69. The SMILES string of the molecule is CCOC(C)Oc1ccc(C[Si](OC)(OC)OC)cc1. The van der Waals surface area contributed by atoms with E-state index in [-0.39, 0.29) is 6.29 Å². The van der Waals surface area contributed by atoms with Gasteiger partial charge in [0.15, 0.2) is 6.29 Å². The van der Waals surface area contributed by atoms with Crippen molar-refractivity contribution in [2.24, 2.45) is 0 Å². The third-order valence-electron chi connectivity index (χ3n) is 2.98. The molecule has 20 heavy (non-hydrogen) atoms. The Labute approximate surface area is 122 Å². The minimum absolute atomic E-state index is 0.253. The molecular weight excluding hydrogens is 276 g/mol. The van der Waals surface area contributed by atoms with Crippen molar-refractivity contribution >= 4 is 8.80 Å². The highest BCUT2D eigenvalue weighted by atomic mass is 28.4. The van der Waals surface area contributed by atoms with E-state index in [2.05, 4.69) is 0 Å². The molecule has 0 aromatic heterocycles. The van der Waals surface area contributed by atoms with Gasteiger partial charge in [-0.2, -0.15) is 0 Å². The summed E-state index contributed by atoms with van der Waals surface area (Å²) in [5.41, 5.74) is 1.08. The number of benzene rings is 1. The van der Waals surface area contributed by atoms with Crippen LogP contribution in [0.15, 0.2) is 24.3 Å². The van der Waals surface area contributed by atoms with Crippen LogP contribution in [-0.2, 0) is 24.1 Å². The van der Waals surface area contributed by atoms with Gasteiger partial charge in [0.2, 0.25) is 0 Å². The van der Waals surface area contributed by atoms with Gasteiger partial charge < -0.3 is 22.8 Å². The maximum Gasteiger partial charge on any atom is 0.504 e. The zero-order chi connectivity index (χ0) is 15.0. The molecule has 1 rings (SSSR count). The van der Waals surface area contributed by atoms with Crippen LogP contribution in [0.2, 0.25) is 0 Å². The van der Waals surface area contributed by atoms with Crippen molar-refractivity contribution in [1.82, 2.24) is 0 Å². The van der Waals surface area contributed by atoms with E-state index < -0.39 is 8.80 Å². The van der Waals surface area contributed by atoms with Gasteiger partial charge in [-0.25, -0.2) is 0 Å². The number of hydrogen-bond acceptors (Lipinski definition) is 5. The first-order chi connectivity index (χ1) is 9.59. The van der Waals surface area contributed by atoms with Gasteiger partial charge in [0, 0.05) is 34.0 Å². The van der Waals surface area contributed by atoms with E-state index in [1.54, 1.807) is 21.3 Å². The van der Waals surface area contributed by atoms with Crippen molar-refractivity contribution in [1.29, 1.82) is 0 Å². The van der Waals surface area contributed by atoms with Crippen LogP contribution in [0.5, 0.6) is 5.75 Å². The van der Waals surface area contributed by atoms with Crippen LogP contribution in [0, 0.1) is 0 Å². The first kappa shape index (κ1) is 17.1. The van der Waals surface area contributed by atoms with Gasteiger partial charge in [0.1, 0.15) is 5.75 Å². The normalized spacial score (nSPS) is 13.2. The summed E-state index contributed by atoms with van der Waals surface area (Å²) in [5.74, 6) is 0.772. The van der Waals surface area contributed by atoms with Crippen LogP contribution in [0.1, 0.15) is 19.4 Å². The zero-order valence-electron chi connectivity index (χ0n) is 12.8. The second kappa shape index (κ2) is 8.38. The van der Waals surface area contributed by atoms with Gasteiger partial charge in [-0.05, 0) is 31.5 Å². The van der Waals surface area contributed by atoms with Crippen LogP contribution in [0.4, 0.5) is 0 Å². The molecule has 0 radical (unpaired) electrons. The first-order valence-corrected chi connectivity index (χ1v) is 8.55. The average molecular weight is 300 g/mol. The summed E-state index contributed by atoms with van der Waals surface area (Å²) in [6.45, 7) is 4.44. The molecule has 0 saturated heterocycles. The van der Waals surface area contributed by atoms with Crippen LogP contribution < -0.4 is 4.74 Å². The molecule has 0 N–H and O–H groups in total. The molecule has 0 aliphatic heterocycles. The van der Waals surface area contributed by atoms with Crippen molar-refractivity contribution < 1.29 is 22.8 Å². The predicted octanol–water partition coefficient (Wildman–Crippen LogP) is 2.41. The van der Waals surface area contributed by atoms with Crippen molar-refractivity contribution in [2.45, 2.75) is 26.2 Å². The van der Waals surface area contributed by atoms with E-state index in [1.165, 1.54) is 0 Å². The topological polar surface area (TPSA) is 46.2 Å². The lowest BCUT2D eigenvalue weighted by molar-refractivity contribution is -0.0613. The summed E-state index contributed by atoms with van der Waals surface area (Å²) in [6.07, 6.45) is -0.253. The van der Waals surface area contributed by atoms with Crippen LogP contribution in [0.3, 0.4) is 0 Å². The molecule has 5 nitrogen and oxygen atoms in total. The van der Waals surface area contributed by atoms with Crippen molar-refractivity contribution in [3.8, 4) is 5.75 Å². The summed E-state index contributed by atoms with van der Waals surface area (Å²) in [5, 5.41) is 0. The second-order valence-electron chi connectivity index (χ2n) is 4.26. The second-order valence-corrected chi connectivity index (χ2v) is 7.20. The molecule has 1 aromatic rings. The Morgan fingerprint density at radius 1 is 1.00 bits per heavy atom. The zero-order valence-corrected chi connectivity index (χ0v) is 13.8. The van der Waals surface area contributed by atoms with Crippen molar-refractivity contribution in [3.63, 3.8) is 0 Å². The van der Waals surface area contributed by atoms with E-state index in [9.17, 15) is 0 Å². The smallest absolute Gasteiger partial charge is 0.465 e.